The van der Waals surface area contributed by atoms with Gasteiger partial charge in [-0.25, -0.2) is 0 Å². The first kappa shape index (κ1) is 15.5. The fourth-order valence-electron chi connectivity index (χ4n) is 2.65. The van der Waals surface area contributed by atoms with Gasteiger partial charge in [0.1, 0.15) is 6.07 Å². The van der Waals surface area contributed by atoms with Crippen molar-refractivity contribution >= 4 is 11.6 Å². The molecule has 2 rings (SSSR count). The topological polar surface area (TPSA) is 56.1 Å². The lowest BCUT2D eigenvalue weighted by molar-refractivity contribution is -0.116. The lowest BCUT2D eigenvalue weighted by Gasteiger charge is -2.29. The first-order valence-electron chi connectivity index (χ1n) is 7.70. The highest BCUT2D eigenvalue weighted by atomic mass is 16.1. The molecule has 1 saturated heterocycles. The van der Waals surface area contributed by atoms with Gasteiger partial charge in [0.15, 0.2) is 0 Å². The predicted octanol–water partition coefficient (Wildman–Crippen LogP) is 3.01. The van der Waals surface area contributed by atoms with Crippen molar-refractivity contribution in [1.82, 2.24) is 4.90 Å². The molecule has 0 atom stereocenters. The van der Waals surface area contributed by atoms with Crippen LogP contribution in [0.2, 0.25) is 0 Å². The number of piperidine rings is 1. The van der Waals surface area contributed by atoms with Crippen molar-refractivity contribution in [2.24, 2.45) is 5.92 Å². The Kier molecular flexibility index (Phi) is 5.77. The maximum absolute atomic E-state index is 11.9. The van der Waals surface area contributed by atoms with Gasteiger partial charge >= 0.3 is 0 Å². The summed E-state index contributed by atoms with van der Waals surface area (Å²) in [4.78, 5) is 14.4. The number of hydrogen-bond acceptors (Lipinski definition) is 3. The Labute approximate surface area is 126 Å². The molecule has 112 valence electrons. The van der Waals surface area contributed by atoms with Crippen LogP contribution in [0.15, 0.2) is 24.3 Å². The molecule has 1 aliphatic rings. The van der Waals surface area contributed by atoms with Crippen LogP contribution in [0.3, 0.4) is 0 Å². The van der Waals surface area contributed by atoms with E-state index in [0.29, 0.717) is 17.7 Å². The van der Waals surface area contributed by atoms with Crippen LogP contribution < -0.4 is 5.32 Å². The summed E-state index contributed by atoms with van der Waals surface area (Å²) in [6.45, 7) is 5.59. The molecular formula is C17H23N3O. The van der Waals surface area contributed by atoms with E-state index in [0.717, 1.165) is 32.0 Å². The molecule has 1 amide bonds. The van der Waals surface area contributed by atoms with Gasteiger partial charge in [-0.3, -0.25) is 4.79 Å². The molecule has 0 unspecified atom stereocenters. The molecule has 0 saturated carbocycles. The highest BCUT2D eigenvalue weighted by Gasteiger charge is 2.15. The first-order chi connectivity index (χ1) is 10.2. The Bertz CT molecular complexity index is 513. The quantitative estimate of drug-likeness (QED) is 0.904. The number of para-hydroxylation sites is 1. The number of nitrogens with one attached hydrogen (secondary N) is 1. The second-order valence-electron chi connectivity index (χ2n) is 5.83. The number of benzene rings is 1. The Balaban J connectivity index is 1.72. The summed E-state index contributed by atoms with van der Waals surface area (Å²) in [5.41, 5.74) is 1.12. The van der Waals surface area contributed by atoms with Crippen molar-refractivity contribution < 1.29 is 4.79 Å². The average molecular weight is 285 g/mol. The number of nitriles is 1. The maximum atomic E-state index is 11.9. The fourth-order valence-corrected chi connectivity index (χ4v) is 2.65. The number of rotatable bonds is 5. The van der Waals surface area contributed by atoms with Crippen LogP contribution in [0, 0.1) is 17.2 Å². The van der Waals surface area contributed by atoms with Gasteiger partial charge in [0.05, 0.1) is 11.3 Å². The Morgan fingerprint density at radius 2 is 2.10 bits per heavy atom. The van der Waals surface area contributed by atoms with Gasteiger partial charge in [0.2, 0.25) is 5.91 Å². The second-order valence-corrected chi connectivity index (χ2v) is 5.83. The summed E-state index contributed by atoms with van der Waals surface area (Å²) >= 11 is 0. The van der Waals surface area contributed by atoms with Crippen molar-refractivity contribution in [2.75, 3.05) is 25.0 Å². The molecule has 21 heavy (non-hydrogen) atoms. The van der Waals surface area contributed by atoms with Gasteiger partial charge in [-0.05, 0) is 56.9 Å². The number of carbonyl (C=O) groups is 1. The molecule has 1 aromatic rings. The van der Waals surface area contributed by atoms with Crippen LogP contribution in [0.1, 0.15) is 38.2 Å². The Morgan fingerprint density at radius 3 is 2.81 bits per heavy atom. The van der Waals surface area contributed by atoms with Gasteiger partial charge in [-0.15, -0.1) is 0 Å². The smallest absolute Gasteiger partial charge is 0.224 e. The highest BCUT2D eigenvalue weighted by molar-refractivity contribution is 5.92. The number of likely N-dealkylation sites (tertiary alicyclic amines) is 1. The molecule has 4 nitrogen and oxygen atoms in total. The fraction of sp³-hybridized carbons (Fsp3) is 0.529. The predicted molar refractivity (Wildman–Crippen MR) is 83.9 cm³/mol. The normalized spacial score (nSPS) is 16.4. The summed E-state index contributed by atoms with van der Waals surface area (Å²) in [6.07, 6.45) is 3.91. The largest absolute Gasteiger partial charge is 0.325 e. The zero-order valence-corrected chi connectivity index (χ0v) is 12.6. The average Bonchev–Trinajstić information content (AvgIpc) is 2.50. The molecule has 1 heterocycles. The molecule has 0 bridgehead atoms. The molecule has 0 aromatic heterocycles. The van der Waals surface area contributed by atoms with E-state index in [-0.39, 0.29) is 5.91 Å². The molecule has 0 spiro atoms. The lowest BCUT2D eigenvalue weighted by Crippen LogP contribution is -2.33. The number of nitrogens with zero attached hydrogens (tertiary/aromatic N) is 2. The molecular weight excluding hydrogens is 262 g/mol. The minimum Gasteiger partial charge on any atom is -0.325 e. The van der Waals surface area contributed by atoms with E-state index in [9.17, 15) is 4.79 Å². The van der Waals surface area contributed by atoms with E-state index in [1.165, 1.54) is 12.8 Å². The Hall–Kier alpha value is -1.86. The van der Waals surface area contributed by atoms with Crippen molar-refractivity contribution in [2.45, 2.75) is 32.6 Å². The third-order valence-electron chi connectivity index (χ3n) is 4.08. The van der Waals surface area contributed by atoms with E-state index in [1.807, 2.05) is 6.07 Å². The number of carbonyl (C=O) groups excluding carboxylic acids is 1. The maximum Gasteiger partial charge on any atom is 0.224 e. The molecule has 1 aliphatic heterocycles. The molecule has 1 aromatic carbocycles. The van der Waals surface area contributed by atoms with E-state index in [4.69, 9.17) is 5.26 Å². The highest BCUT2D eigenvalue weighted by Crippen LogP contribution is 2.17. The minimum absolute atomic E-state index is 0.0110. The van der Waals surface area contributed by atoms with Crippen molar-refractivity contribution in [3.05, 3.63) is 29.8 Å². The lowest BCUT2D eigenvalue weighted by atomic mass is 9.99. The SMILES string of the molecule is CC1CCN(CCCC(=O)Nc2ccccc2C#N)CC1. The monoisotopic (exact) mass is 285 g/mol. The molecule has 0 aliphatic carbocycles. The van der Waals surface area contributed by atoms with Crippen LogP contribution in [0.25, 0.3) is 0 Å². The van der Waals surface area contributed by atoms with Gasteiger partial charge in [-0.1, -0.05) is 19.1 Å². The Morgan fingerprint density at radius 1 is 1.38 bits per heavy atom. The molecule has 1 fully saturated rings. The third kappa shape index (κ3) is 4.87. The van der Waals surface area contributed by atoms with Crippen molar-refractivity contribution in [1.29, 1.82) is 5.26 Å². The first-order valence-corrected chi connectivity index (χ1v) is 7.70. The number of amides is 1. The van der Waals surface area contributed by atoms with E-state index >= 15 is 0 Å². The van der Waals surface area contributed by atoms with Gasteiger partial charge < -0.3 is 10.2 Å². The van der Waals surface area contributed by atoms with Gasteiger partial charge in [0, 0.05) is 6.42 Å². The third-order valence-corrected chi connectivity index (χ3v) is 4.08. The van der Waals surface area contributed by atoms with E-state index in [2.05, 4.69) is 23.2 Å². The van der Waals surface area contributed by atoms with E-state index < -0.39 is 0 Å². The second kappa shape index (κ2) is 7.80. The molecule has 4 heteroatoms. The standard InChI is InChI=1S/C17H23N3O/c1-14-8-11-20(12-9-14)10-4-7-17(21)19-16-6-3-2-5-15(16)13-18/h2-3,5-6,14H,4,7-12H2,1H3,(H,19,21). The van der Waals surface area contributed by atoms with Crippen LogP contribution in [-0.4, -0.2) is 30.4 Å². The van der Waals surface area contributed by atoms with Crippen LogP contribution in [0.5, 0.6) is 0 Å². The van der Waals surface area contributed by atoms with Crippen LogP contribution in [-0.2, 0) is 4.79 Å². The van der Waals surface area contributed by atoms with Crippen LogP contribution in [0.4, 0.5) is 5.69 Å². The number of anilines is 1. The summed E-state index contributed by atoms with van der Waals surface area (Å²) in [7, 11) is 0. The summed E-state index contributed by atoms with van der Waals surface area (Å²) < 4.78 is 0. The van der Waals surface area contributed by atoms with Crippen LogP contribution >= 0.6 is 0 Å². The minimum atomic E-state index is -0.0110. The zero-order chi connectivity index (χ0) is 15.1. The van der Waals surface area contributed by atoms with Crippen molar-refractivity contribution in [3.63, 3.8) is 0 Å². The number of hydrogen-bond donors (Lipinski definition) is 1. The summed E-state index contributed by atoms with van der Waals surface area (Å²) in [5, 5.41) is 11.8. The van der Waals surface area contributed by atoms with Gasteiger partial charge in [-0.2, -0.15) is 5.26 Å². The van der Waals surface area contributed by atoms with Gasteiger partial charge in [0.25, 0.3) is 0 Å². The summed E-state index contributed by atoms with van der Waals surface area (Å²) in [6, 6.07) is 9.19. The summed E-state index contributed by atoms with van der Waals surface area (Å²) in [5.74, 6) is 0.829. The van der Waals surface area contributed by atoms with Crippen molar-refractivity contribution in [3.8, 4) is 6.07 Å². The van der Waals surface area contributed by atoms with E-state index in [1.54, 1.807) is 18.2 Å². The molecule has 1 N–H and O–H groups in total. The molecule has 0 radical (unpaired) electrons. The zero-order valence-electron chi connectivity index (χ0n) is 12.6.